The second-order valence-corrected chi connectivity index (χ2v) is 4.75. The van der Waals surface area contributed by atoms with Crippen LogP contribution >= 0.6 is 23.6 Å². The smallest absolute Gasteiger partial charge is 0.204 e. The first-order valence-electron chi connectivity index (χ1n) is 4.56. The normalized spacial score (nSPS) is 9.69. The fraction of sp³-hybridized carbons (Fsp3) is 0.100. The van der Waals surface area contributed by atoms with Gasteiger partial charge in [-0.25, -0.2) is 0 Å². The van der Waals surface area contributed by atoms with E-state index in [9.17, 15) is 0 Å². The van der Waals surface area contributed by atoms with Gasteiger partial charge in [0.05, 0.1) is 11.6 Å². The van der Waals surface area contributed by atoms with Crippen LogP contribution in [0, 0.1) is 15.3 Å². The maximum atomic E-state index is 8.65. The fourth-order valence-electron chi connectivity index (χ4n) is 1.18. The van der Waals surface area contributed by atoms with Crippen molar-refractivity contribution in [3.05, 3.63) is 39.3 Å². The molecule has 0 fully saturated rings. The number of aromatic amines is 1. The summed E-state index contributed by atoms with van der Waals surface area (Å²) in [4.78, 5) is 0. The van der Waals surface area contributed by atoms with Crippen LogP contribution in [0.5, 0.6) is 0 Å². The number of nitrogens with zero attached hydrogens (tertiary/aromatic N) is 2. The van der Waals surface area contributed by atoms with Crippen LogP contribution in [-0.2, 0) is 6.54 Å². The summed E-state index contributed by atoms with van der Waals surface area (Å²) >= 11 is 6.32. The highest BCUT2D eigenvalue weighted by Gasteiger charge is 1.97. The fourth-order valence-corrected chi connectivity index (χ4v) is 1.97. The van der Waals surface area contributed by atoms with E-state index >= 15 is 0 Å². The van der Waals surface area contributed by atoms with Crippen molar-refractivity contribution in [2.75, 3.05) is 5.32 Å². The molecule has 0 unspecified atom stereocenters. The highest BCUT2D eigenvalue weighted by molar-refractivity contribution is 7.73. The molecule has 0 atom stereocenters. The van der Waals surface area contributed by atoms with Crippen LogP contribution < -0.4 is 5.32 Å². The van der Waals surface area contributed by atoms with Gasteiger partial charge in [0.25, 0.3) is 0 Å². The van der Waals surface area contributed by atoms with Gasteiger partial charge in [0.2, 0.25) is 5.13 Å². The van der Waals surface area contributed by atoms with E-state index in [0.717, 1.165) is 10.7 Å². The Morgan fingerprint density at radius 1 is 1.44 bits per heavy atom. The van der Waals surface area contributed by atoms with Crippen LogP contribution in [-0.4, -0.2) is 10.2 Å². The standard InChI is InChI=1S/C10H8N4S2/c11-5-7-1-3-8(4-2-7)6-12-9-13-14-10(15)16-9/h1-4H,6H2,(H,12,13)(H,14,15). The molecule has 0 aliphatic heterocycles. The van der Waals surface area contributed by atoms with E-state index in [1.807, 2.05) is 12.1 Å². The van der Waals surface area contributed by atoms with Crippen LogP contribution in [0.1, 0.15) is 11.1 Å². The molecule has 0 aliphatic carbocycles. The number of nitriles is 1. The summed E-state index contributed by atoms with van der Waals surface area (Å²) in [7, 11) is 0. The third-order valence-electron chi connectivity index (χ3n) is 1.96. The van der Waals surface area contributed by atoms with Gasteiger partial charge >= 0.3 is 0 Å². The summed E-state index contributed by atoms with van der Waals surface area (Å²) in [5, 5.41) is 19.3. The Labute approximate surface area is 102 Å². The molecule has 1 aromatic heterocycles. The SMILES string of the molecule is N#Cc1ccc(CNc2n[nH]c(=S)s2)cc1. The molecule has 0 amide bonds. The van der Waals surface area contributed by atoms with Crippen molar-refractivity contribution in [1.82, 2.24) is 10.2 Å². The molecule has 2 aromatic rings. The molecule has 0 saturated heterocycles. The Morgan fingerprint density at radius 2 is 2.19 bits per heavy atom. The monoisotopic (exact) mass is 248 g/mol. The Balaban J connectivity index is 2.00. The second kappa shape index (κ2) is 4.88. The van der Waals surface area contributed by atoms with Crippen molar-refractivity contribution in [3.63, 3.8) is 0 Å². The minimum atomic E-state index is 0.655. The Hall–Kier alpha value is -1.71. The van der Waals surface area contributed by atoms with E-state index in [0.29, 0.717) is 16.1 Å². The number of hydrogen-bond acceptors (Lipinski definition) is 5. The predicted octanol–water partition coefficient (Wildman–Crippen LogP) is 2.68. The maximum Gasteiger partial charge on any atom is 0.204 e. The lowest BCUT2D eigenvalue weighted by atomic mass is 10.1. The number of hydrogen-bond donors (Lipinski definition) is 2. The van der Waals surface area contributed by atoms with E-state index in [1.54, 1.807) is 12.1 Å². The van der Waals surface area contributed by atoms with Crippen molar-refractivity contribution >= 4 is 28.7 Å². The van der Waals surface area contributed by atoms with E-state index in [-0.39, 0.29) is 0 Å². The summed E-state index contributed by atoms with van der Waals surface area (Å²) in [5.74, 6) is 0. The largest absolute Gasteiger partial charge is 0.356 e. The van der Waals surface area contributed by atoms with Crippen LogP contribution in [0.3, 0.4) is 0 Å². The lowest BCUT2D eigenvalue weighted by Gasteiger charge is -2.01. The van der Waals surface area contributed by atoms with E-state index in [4.69, 9.17) is 17.5 Å². The van der Waals surface area contributed by atoms with Crippen molar-refractivity contribution in [2.24, 2.45) is 0 Å². The van der Waals surface area contributed by atoms with Gasteiger partial charge in [0, 0.05) is 6.54 Å². The van der Waals surface area contributed by atoms with Crippen LogP contribution in [0.2, 0.25) is 0 Å². The van der Waals surface area contributed by atoms with Gasteiger partial charge in [0.1, 0.15) is 0 Å². The molecule has 1 aromatic carbocycles. The van der Waals surface area contributed by atoms with Crippen molar-refractivity contribution in [3.8, 4) is 6.07 Å². The van der Waals surface area contributed by atoms with Crippen LogP contribution in [0.25, 0.3) is 0 Å². The van der Waals surface area contributed by atoms with E-state index in [1.165, 1.54) is 11.3 Å². The number of anilines is 1. The molecular formula is C10H8N4S2. The quantitative estimate of drug-likeness (QED) is 0.820. The van der Waals surface area contributed by atoms with Crippen LogP contribution in [0.4, 0.5) is 5.13 Å². The van der Waals surface area contributed by atoms with Crippen molar-refractivity contribution < 1.29 is 0 Å². The number of benzene rings is 1. The maximum absolute atomic E-state index is 8.65. The number of nitrogens with one attached hydrogen (secondary N) is 2. The topological polar surface area (TPSA) is 64.5 Å². The number of H-pyrrole nitrogens is 1. The highest BCUT2D eigenvalue weighted by Crippen LogP contribution is 2.12. The van der Waals surface area contributed by atoms with Gasteiger partial charge < -0.3 is 5.32 Å². The zero-order chi connectivity index (χ0) is 11.4. The summed E-state index contributed by atoms with van der Waals surface area (Å²) in [5.41, 5.74) is 1.76. The third kappa shape index (κ3) is 2.66. The molecular weight excluding hydrogens is 240 g/mol. The zero-order valence-corrected chi connectivity index (χ0v) is 9.86. The molecule has 6 heteroatoms. The summed E-state index contributed by atoms with van der Waals surface area (Å²) in [6.07, 6.45) is 0. The first-order chi connectivity index (χ1) is 7.78. The average molecular weight is 248 g/mol. The van der Waals surface area contributed by atoms with Gasteiger partial charge in [-0.05, 0) is 29.9 Å². The lowest BCUT2D eigenvalue weighted by molar-refractivity contribution is 1.04. The average Bonchev–Trinajstić information content (AvgIpc) is 2.73. The summed E-state index contributed by atoms with van der Waals surface area (Å²) in [6, 6.07) is 9.50. The predicted molar refractivity (Wildman–Crippen MR) is 65.8 cm³/mol. The number of rotatable bonds is 3. The first-order valence-corrected chi connectivity index (χ1v) is 5.79. The van der Waals surface area contributed by atoms with Gasteiger partial charge in [-0.15, -0.1) is 5.10 Å². The molecule has 80 valence electrons. The zero-order valence-electron chi connectivity index (χ0n) is 8.23. The Morgan fingerprint density at radius 3 is 2.75 bits per heavy atom. The molecule has 0 spiro atoms. The summed E-state index contributed by atoms with van der Waals surface area (Å²) in [6.45, 7) is 0.668. The first kappa shape index (κ1) is 10.8. The molecule has 0 radical (unpaired) electrons. The Kier molecular flexibility index (Phi) is 3.29. The molecule has 16 heavy (non-hydrogen) atoms. The van der Waals surface area contributed by atoms with Gasteiger partial charge in [0.15, 0.2) is 3.95 Å². The summed E-state index contributed by atoms with van der Waals surface area (Å²) < 4.78 is 0.655. The molecule has 0 aliphatic rings. The molecule has 2 rings (SSSR count). The van der Waals surface area contributed by atoms with E-state index < -0.39 is 0 Å². The second-order valence-electron chi connectivity index (χ2n) is 3.08. The minimum Gasteiger partial charge on any atom is -0.356 e. The molecule has 1 heterocycles. The van der Waals surface area contributed by atoms with Crippen molar-refractivity contribution in [2.45, 2.75) is 6.54 Å². The minimum absolute atomic E-state index is 0.655. The van der Waals surface area contributed by atoms with Gasteiger partial charge in [-0.3, -0.25) is 5.10 Å². The highest BCUT2D eigenvalue weighted by atomic mass is 32.1. The number of aromatic nitrogens is 2. The molecule has 2 N–H and O–H groups in total. The van der Waals surface area contributed by atoms with Crippen LogP contribution in [0.15, 0.2) is 24.3 Å². The van der Waals surface area contributed by atoms with E-state index in [2.05, 4.69) is 21.6 Å². The van der Waals surface area contributed by atoms with Gasteiger partial charge in [-0.1, -0.05) is 23.5 Å². The lowest BCUT2D eigenvalue weighted by Crippen LogP contribution is -1.98. The Bertz CT molecular complexity index is 561. The molecule has 0 saturated carbocycles. The molecule has 4 nitrogen and oxygen atoms in total. The van der Waals surface area contributed by atoms with Crippen molar-refractivity contribution in [1.29, 1.82) is 5.26 Å². The van der Waals surface area contributed by atoms with Gasteiger partial charge in [-0.2, -0.15) is 5.26 Å². The third-order valence-corrected chi connectivity index (χ3v) is 3.01. The molecule has 0 bridgehead atoms.